The minimum absolute atomic E-state index is 0.389. The van der Waals surface area contributed by atoms with Gasteiger partial charge < -0.3 is 5.32 Å². The Morgan fingerprint density at radius 1 is 1.29 bits per heavy atom. The van der Waals surface area contributed by atoms with Gasteiger partial charge in [0.2, 0.25) is 0 Å². The Bertz CT molecular complexity index is 418. The molecule has 1 saturated heterocycles. The van der Waals surface area contributed by atoms with E-state index in [1.54, 1.807) is 12.1 Å². The highest BCUT2D eigenvalue weighted by Crippen LogP contribution is 2.23. The van der Waals surface area contributed by atoms with E-state index in [1.807, 2.05) is 12.1 Å². The predicted molar refractivity (Wildman–Crippen MR) is 54.9 cm³/mol. The molecule has 0 radical (unpaired) electrons. The number of hydrogen-bond donors (Lipinski definition) is 1. The van der Waals surface area contributed by atoms with Crippen molar-refractivity contribution in [2.24, 2.45) is 0 Å². The number of hydrogen-bond acceptors (Lipinski definition) is 3. The zero-order valence-electron chi connectivity index (χ0n) is 8.03. The largest absolute Gasteiger partial charge is 0.310 e. The summed E-state index contributed by atoms with van der Waals surface area (Å²) in [7, 11) is -3.05. The van der Waals surface area contributed by atoms with Gasteiger partial charge in [-0.3, -0.25) is 0 Å². The van der Waals surface area contributed by atoms with E-state index in [9.17, 15) is 8.42 Å². The summed E-state index contributed by atoms with van der Waals surface area (Å²) in [5, 5.41) is 3.27. The summed E-state index contributed by atoms with van der Waals surface area (Å²) in [6.07, 6.45) is 2.36. The fourth-order valence-corrected chi connectivity index (χ4v) is 2.15. The summed E-state index contributed by atoms with van der Waals surface area (Å²) in [5.74, 6) is 0. The topological polar surface area (TPSA) is 46.2 Å². The molecular formula is C10H13NO2S. The first kappa shape index (κ1) is 9.68. The molecule has 2 rings (SSSR count). The van der Waals surface area contributed by atoms with Gasteiger partial charge in [-0.2, -0.15) is 0 Å². The van der Waals surface area contributed by atoms with Crippen LogP contribution in [0.3, 0.4) is 0 Å². The van der Waals surface area contributed by atoms with Crippen LogP contribution in [-0.4, -0.2) is 21.2 Å². The molecule has 1 atom stereocenters. The molecule has 0 aliphatic carbocycles. The average molecular weight is 211 g/mol. The number of benzene rings is 1. The molecular weight excluding hydrogens is 198 g/mol. The maximum absolute atomic E-state index is 11.2. The Morgan fingerprint density at radius 2 is 1.86 bits per heavy atom. The van der Waals surface area contributed by atoms with Gasteiger partial charge in [-0.25, -0.2) is 8.42 Å². The molecule has 0 spiro atoms. The predicted octanol–water partition coefficient (Wildman–Crippen LogP) is 1.12. The van der Waals surface area contributed by atoms with Crippen LogP contribution in [0.15, 0.2) is 29.2 Å². The monoisotopic (exact) mass is 211 g/mol. The molecule has 14 heavy (non-hydrogen) atoms. The minimum Gasteiger partial charge on any atom is -0.310 e. The molecule has 1 unspecified atom stereocenters. The van der Waals surface area contributed by atoms with E-state index in [1.165, 1.54) is 11.8 Å². The second-order valence-electron chi connectivity index (χ2n) is 3.64. The molecule has 1 aliphatic heterocycles. The molecule has 0 amide bonds. The molecule has 4 heteroatoms. The van der Waals surface area contributed by atoms with Crippen molar-refractivity contribution in [2.45, 2.75) is 17.4 Å². The van der Waals surface area contributed by atoms with E-state index in [4.69, 9.17) is 0 Å². The Balaban J connectivity index is 2.26. The van der Waals surface area contributed by atoms with E-state index in [2.05, 4.69) is 5.32 Å². The van der Waals surface area contributed by atoms with Crippen molar-refractivity contribution in [1.82, 2.24) is 5.32 Å². The van der Waals surface area contributed by atoms with Crippen LogP contribution in [0.25, 0.3) is 0 Å². The Morgan fingerprint density at radius 3 is 2.21 bits per heavy atom. The quantitative estimate of drug-likeness (QED) is 0.797. The standard InChI is InChI=1S/C10H13NO2S/c1-14(12,13)9-4-2-8(3-5-9)10-6-7-11-10/h2-5,10-11H,6-7H2,1H3. The molecule has 0 bridgehead atoms. The van der Waals surface area contributed by atoms with Crippen LogP contribution in [0.2, 0.25) is 0 Å². The van der Waals surface area contributed by atoms with Crippen LogP contribution in [0.4, 0.5) is 0 Å². The maximum atomic E-state index is 11.2. The summed E-state index contributed by atoms with van der Waals surface area (Å²) in [4.78, 5) is 0.389. The minimum atomic E-state index is -3.05. The molecule has 0 saturated carbocycles. The fraction of sp³-hybridized carbons (Fsp3) is 0.400. The molecule has 3 nitrogen and oxygen atoms in total. The van der Waals surface area contributed by atoms with Gasteiger partial charge in [-0.1, -0.05) is 12.1 Å². The SMILES string of the molecule is CS(=O)(=O)c1ccc(C2CCN2)cc1. The summed E-state index contributed by atoms with van der Waals surface area (Å²) < 4.78 is 22.4. The lowest BCUT2D eigenvalue weighted by Gasteiger charge is -2.28. The number of rotatable bonds is 2. The second-order valence-corrected chi connectivity index (χ2v) is 5.65. The smallest absolute Gasteiger partial charge is 0.175 e. The molecule has 1 heterocycles. The summed E-state index contributed by atoms with van der Waals surface area (Å²) in [5.41, 5.74) is 1.17. The van der Waals surface area contributed by atoms with E-state index in [0.29, 0.717) is 10.9 Å². The van der Waals surface area contributed by atoms with Gasteiger partial charge >= 0.3 is 0 Å². The molecule has 76 valence electrons. The summed E-state index contributed by atoms with van der Waals surface area (Å²) >= 11 is 0. The molecule has 1 aromatic rings. The van der Waals surface area contributed by atoms with Crippen molar-refractivity contribution >= 4 is 9.84 Å². The molecule has 1 aromatic carbocycles. The summed E-state index contributed by atoms with van der Waals surface area (Å²) in [6, 6.07) is 7.53. The normalized spacial score (nSPS) is 21.6. The number of nitrogens with one attached hydrogen (secondary N) is 1. The molecule has 0 aromatic heterocycles. The molecule has 1 N–H and O–H groups in total. The Kier molecular flexibility index (Phi) is 2.33. The molecule has 1 aliphatic rings. The van der Waals surface area contributed by atoms with E-state index in [-0.39, 0.29) is 0 Å². The van der Waals surface area contributed by atoms with Crippen LogP contribution < -0.4 is 5.32 Å². The van der Waals surface area contributed by atoms with Crippen LogP contribution in [0, 0.1) is 0 Å². The van der Waals surface area contributed by atoms with Gasteiger partial charge in [0.1, 0.15) is 0 Å². The first-order valence-electron chi connectivity index (χ1n) is 4.61. The Labute approximate surface area is 84.1 Å². The van der Waals surface area contributed by atoms with Crippen molar-refractivity contribution in [3.05, 3.63) is 29.8 Å². The van der Waals surface area contributed by atoms with Crippen molar-refractivity contribution in [1.29, 1.82) is 0 Å². The lowest BCUT2D eigenvalue weighted by molar-refractivity contribution is 0.383. The van der Waals surface area contributed by atoms with Crippen LogP contribution in [0.5, 0.6) is 0 Å². The van der Waals surface area contributed by atoms with E-state index < -0.39 is 9.84 Å². The highest BCUT2D eigenvalue weighted by atomic mass is 32.2. The van der Waals surface area contributed by atoms with Gasteiger partial charge in [0, 0.05) is 12.3 Å². The third-order valence-corrected chi connectivity index (χ3v) is 3.66. The van der Waals surface area contributed by atoms with Gasteiger partial charge in [-0.15, -0.1) is 0 Å². The van der Waals surface area contributed by atoms with Gasteiger partial charge in [0.15, 0.2) is 9.84 Å². The van der Waals surface area contributed by atoms with Crippen LogP contribution >= 0.6 is 0 Å². The lowest BCUT2D eigenvalue weighted by atomic mass is 9.98. The highest BCUT2D eigenvalue weighted by Gasteiger charge is 2.18. The highest BCUT2D eigenvalue weighted by molar-refractivity contribution is 7.90. The summed E-state index contributed by atoms with van der Waals surface area (Å²) in [6.45, 7) is 1.05. The number of sulfone groups is 1. The maximum Gasteiger partial charge on any atom is 0.175 e. The van der Waals surface area contributed by atoms with E-state index >= 15 is 0 Å². The van der Waals surface area contributed by atoms with Gasteiger partial charge in [-0.05, 0) is 30.7 Å². The second kappa shape index (κ2) is 3.37. The zero-order chi connectivity index (χ0) is 10.2. The zero-order valence-corrected chi connectivity index (χ0v) is 8.84. The fourth-order valence-electron chi connectivity index (χ4n) is 1.52. The van der Waals surface area contributed by atoms with Crippen molar-refractivity contribution in [3.8, 4) is 0 Å². The lowest BCUT2D eigenvalue weighted by Crippen LogP contribution is -2.34. The van der Waals surface area contributed by atoms with Gasteiger partial charge in [0.05, 0.1) is 4.90 Å². The molecule has 1 fully saturated rings. The van der Waals surface area contributed by atoms with Crippen molar-refractivity contribution in [2.75, 3.05) is 12.8 Å². The van der Waals surface area contributed by atoms with Gasteiger partial charge in [0.25, 0.3) is 0 Å². The first-order chi connectivity index (χ1) is 6.57. The van der Waals surface area contributed by atoms with Crippen molar-refractivity contribution < 1.29 is 8.42 Å². The van der Waals surface area contributed by atoms with Crippen LogP contribution in [-0.2, 0) is 9.84 Å². The third kappa shape index (κ3) is 1.81. The first-order valence-corrected chi connectivity index (χ1v) is 6.50. The van der Waals surface area contributed by atoms with E-state index in [0.717, 1.165) is 13.0 Å². The van der Waals surface area contributed by atoms with Crippen LogP contribution in [0.1, 0.15) is 18.0 Å². The third-order valence-electron chi connectivity index (χ3n) is 2.53. The van der Waals surface area contributed by atoms with Crippen molar-refractivity contribution in [3.63, 3.8) is 0 Å². The Hall–Kier alpha value is -0.870. The average Bonchev–Trinajstić information content (AvgIpc) is 2.00.